The largest absolute Gasteiger partial charge is 0.478 e. The molecule has 0 radical (unpaired) electrons. The number of carbonyl (C=O) groups is 2. The van der Waals surface area contributed by atoms with Gasteiger partial charge < -0.3 is 10.4 Å². The Kier molecular flexibility index (Phi) is 3.78. The van der Waals surface area contributed by atoms with E-state index in [4.69, 9.17) is 0 Å². The van der Waals surface area contributed by atoms with Crippen molar-refractivity contribution in [2.24, 2.45) is 5.41 Å². The van der Waals surface area contributed by atoms with E-state index in [1.54, 1.807) is 0 Å². The van der Waals surface area contributed by atoms with Crippen molar-refractivity contribution in [3.05, 3.63) is 16.0 Å². The van der Waals surface area contributed by atoms with Gasteiger partial charge in [-0.05, 0) is 44.1 Å². The van der Waals surface area contributed by atoms with Crippen molar-refractivity contribution in [2.75, 3.05) is 5.32 Å². The smallest absolute Gasteiger partial charge is 0.339 e. The summed E-state index contributed by atoms with van der Waals surface area (Å²) in [6, 6.07) is 0. The van der Waals surface area contributed by atoms with Crippen LogP contribution in [-0.4, -0.2) is 17.0 Å². The highest BCUT2D eigenvalue weighted by Gasteiger charge is 2.37. The molecule has 0 aliphatic heterocycles. The van der Waals surface area contributed by atoms with Crippen molar-refractivity contribution >= 4 is 28.2 Å². The first-order valence-electron chi connectivity index (χ1n) is 7.70. The lowest BCUT2D eigenvalue weighted by Gasteiger charge is -2.21. The molecule has 0 aromatic carbocycles. The minimum absolute atomic E-state index is 0.0129. The van der Waals surface area contributed by atoms with Crippen LogP contribution in [0.5, 0.6) is 0 Å². The fourth-order valence-electron chi connectivity index (χ4n) is 3.52. The second-order valence-corrected chi connectivity index (χ2v) is 7.55. The number of amides is 1. The third-order valence-electron chi connectivity index (χ3n) is 4.87. The Morgan fingerprint density at radius 2 is 1.81 bits per heavy atom. The number of hydrogen-bond donors (Lipinski definition) is 2. The summed E-state index contributed by atoms with van der Waals surface area (Å²) in [5, 5.41) is 13.0. The third kappa shape index (κ3) is 2.59. The minimum atomic E-state index is -0.915. The number of fused-ring (bicyclic) bond motifs is 1. The van der Waals surface area contributed by atoms with Crippen molar-refractivity contribution in [3.8, 4) is 0 Å². The molecule has 21 heavy (non-hydrogen) atoms. The quantitative estimate of drug-likeness (QED) is 0.891. The third-order valence-corrected chi connectivity index (χ3v) is 6.07. The van der Waals surface area contributed by atoms with Gasteiger partial charge in [-0.2, -0.15) is 0 Å². The Labute approximate surface area is 128 Å². The molecular formula is C16H21NO3S. The minimum Gasteiger partial charge on any atom is -0.478 e. The number of carboxylic acid groups (broad SMARTS) is 1. The summed E-state index contributed by atoms with van der Waals surface area (Å²) < 4.78 is 0. The normalized spacial score (nSPS) is 20.0. The predicted molar refractivity (Wildman–Crippen MR) is 83.1 cm³/mol. The molecule has 1 aromatic rings. The van der Waals surface area contributed by atoms with Gasteiger partial charge in [-0.1, -0.05) is 19.8 Å². The van der Waals surface area contributed by atoms with Gasteiger partial charge in [-0.15, -0.1) is 11.3 Å². The zero-order valence-corrected chi connectivity index (χ0v) is 13.1. The van der Waals surface area contributed by atoms with Crippen LogP contribution in [0.15, 0.2) is 0 Å². The molecule has 114 valence electrons. The molecule has 1 amide bonds. The van der Waals surface area contributed by atoms with Crippen LogP contribution in [0.4, 0.5) is 5.00 Å². The van der Waals surface area contributed by atoms with E-state index in [0.29, 0.717) is 10.6 Å². The Balaban J connectivity index is 1.90. The molecule has 1 saturated carbocycles. The fraction of sp³-hybridized carbons (Fsp3) is 0.625. The predicted octanol–water partition coefficient (Wildman–Crippen LogP) is 3.84. The topological polar surface area (TPSA) is 66.4 Å². The number of aryl methyl sites for hydroxylation is 1. The highest BCUT2D eigenvalue weighted by atomic mass is 32.1. The number of rotatable bonds is 3. The van der Waals surface area contributed by atoms with Crippen molar-refractivity contribution in [2.45, 2.75) is 58.3 Å². The maximum atomic E-state index is 12.5. The van der Waals surface area contributed by atoms with E-state index < -0.39 is 5.97 Å². The maximum absolute atomic E-state index is 12.5. The van der Waals surface area contributed by atoms with E-state index in [2.05, 4.69) is 5.32 Å². The lowest BCUT2D eigenvalue weighted by molar-refractivity contribution is -0.124. The van der Waals surface area contributed by atoms with E-state index in [9.17, 15) is 14.7 Å². The molecule has 0 bridgehead atoms. The van der Waals surface area contributed by atoms with Gasteiger partial charge in [0.2, 0.25) is 5.91 Å². The zero-order chi connectivity index (χ0) is 15.0. The van der Waals surface area contributed by atoms with Crippen LogP contribution in [0, 0.1) is 5.41 Å². The van der Waals surface area contributed by atoms with Crippen LogP contribution in [0.3, 0.4) is 0 Å². The molecule has 0 atom stereocenters. The molecule has 2 aliphatic rings. The maximum Gasteiger partial charge on any atom is 0.339 e. The first-order valence-corrected chi connectivity index (χ1v) is 8.52. The average molecular weight is 307 g/mol. The van der Waals surface area contributed by atoms with E-state index in [0.717, 1.165) is 61.8 Å². The zero-order valence-electron chi connectivity index (χ0n) is 12.3. The first kappa shape index (κ1) is 14.6. The molecule has 2 aliphatic carbocycles. The molecule has 2 N–H and O–H groups in total. The molecule has 3 rings (SSSR count). The van der Waals surface area contributed by atoms with Crippen molar-refractivity contribution in [3.63, 3.8) is 0 Å². The highest BCUT2D eigenvalue weighted by Crippen LogP contribution is 2.42. The fourth-order valence-corrected chi connectivity index (χ4v) is 4.79. The summed E-state index contributed by atoms with van der Waals surface area (Å²) in [4.78, 5) is 25.3. The lowest BCUT2D eigenvalue weighted by Crippen LogP contribution is -2.31. The number of hydrogen-bond acceptors (Lipinski definition) is 3. The molecular weight excluding hydrogens is 286 g/mol. The molecule has 1 fully saturated rings. The average Bonchev–Trinajstić information content (AvgIpc) is 3.02. The van der Waals surface area contributed by atoms with Gasteiger partial charge in [-0.25, -0.2) is 4.79 Å². The van der Waals surface area contributed by atoms with Gasteiger partial charge in [-0.3, -0.25) is 4.79 Å². The van der Waals surface area contributed by atoms with E-state index in [1.807, 2.05) is 6.92 Å². The molecule has 0 saturated heterocycles. The van der Waals surface area contributed by atoms with E-state index >= 15 is 0 Å². The molecule has 0 spiro atoms. The first-order chi connectivity index (χ1) is 10.0. The highest BCUT2D eigenvalue weighted by molar-refractivity contribution is 7.17. The number of anilines is 1. The Hall–Kier alpha value is -1.36. The van der Waals surface area contributed by atoms with Crippen LogP contribution in [0.2, 0.25) is 0 Å². The van der Waals surface area contributed by atoms with Gasteiger partial charge in [0, 0.05) is 10.3 Å². The summed E-state index contributed by atoms with van der Waals surface area (Å²) >= 11 is 1.46. The Morgan fingerprint density at radius 3 is 2.48 bits per heavy atom. The molecule has 4 nitrogen and oxygen atoms in total. The molecule has 0 unspecified atom stereocenters. The SMILES string of the molecule is CC1(C(=O)Nc2sc3c(c2C(=O)O)CCCC3)CCCC1. The standard InChI is InChI=1S/C16H21NO3S/c1-16(8-4-5-9-16)15(20)17-13-12(14(18)19)10-6-2-3-7-11(10)21-13/h2-9H2,1H3,(H,17,20)(H,18,19). The summed E-state index contributed by atoms with van der Waals surface area (Å²) in [5.74, 6) is -0.928. The van der Waals surface area contributed by atoms with Crippen LogP contribution in [-0.2, 0) is 17.6 Å². The Morgan fingerprint density at radius 1 is 1.14 bits per heavy atom. The van der Waals surface area contributed by atoms with Gasteiger partial charge in [0.15, 0.2) is 0 Å². The Bertz CT molecular complexity index is 585. The number of nitrogens with one attached hydrogen (secondary N) is 1. The molecule has 1 heterocycles. The molecule has 5 heteroatoms. The summed E-state index contributed by atoms with van der Waals surface area (Å²) in [7, 11) is 0. The van der Waals surface area contributed by atoms with Crippen molar-refractivity contribution in [1.82, 2.24) is 0 Å². The number of thiophene rings is 1. The van der Waals surface area contributed by atoms with Crippen LogP contribution in [0.1, 0.15) is 66.2 Å². The van der Waals surface area contributed by atoms with Gasteiger partial charge in [0.05, 0.1) is 5.56 Å². The van der Waals surface area contributed by atoms with E-state index in [-0.39, 0.29) is 11.3 Å². The van der Waals surface area contributed by atoms with Gasteiger partial charge >= 0.3 is 5.97 Å². The van der Waals surface area contributed by atoms with Crippen LogP contribution >= 0.6 is 11.3 Å². The second kappa shape index (κ2) is 5.44. The lowest BCUT2D eigenvalue weighted by atomic mass is 9.88. The van der Waals surface area contributed by atoms with E-state index in [1.165, 1.54) is 11.3 Å². The number of carbonyl (C=O) groups excluding carboxylic acids is 1. The van der Waals surface area contributed by atoms with Crippen molar-refractivity contribution in [1.29, 1.82) is 0 Å². The van der Waals surface area contributed by atoms with Crippen LogP contribution < -0.4 is 5.32 Å². The van der Waals surface area contributed by atoms with Gasteiger partial charge in [0.25, 0.3) is 0 Å². The van der Waals surface area contributed by atoms with Gasteiger partial charge in [0.1, 0.15) is 5.00 Å². The summed E-state index contributed by atoms with van der Waals surface area (Å²) in [5.41, 5.74) is 0.954. The van der Waals surface area contributed by atoms with Crippen LogP contribution in [0.25, 0.3) is 0 Å². The molecule has 1 aromatic heterocycles. The van der Waals surface area contributed by atoms with Crippen molar-refractivity contribution < 1.29 is 14.7 Å². The summed E-state index contributed by atoms with van der Waals surface area (Å²) in [6.07, 6.45) is 7.85. The number of aromatic carboxylic acids is 1. The second-order valence-electron chi connectivity index (χ2n) is 6.44. The number of carboxylic acids is 1. The summed E-state index contributed by atoms with van der Waals surface area (Å²) in [6.45, 7) is 1.99. The monoisotopic (exact) mass is 307 g/mol.